The van der Waals surface area contributed by atoms with Gasteiger partial charge in [-0.05, 0) is 31.4 Å². The molecule has 2 rings (SSSR count). The van der Waals surface area contributed by atoms with Crippen LogP contribution in [0.25, 0.3) is 0 Å². The molecule has 0 spiro atoms. The van der Waals surface area contributed by atoms with Crippen LogP contribution in [0.3, 0.4) is 0 Å². The molecular formula is C13H16F3NO. The van der Waals surface area contributed by atoms with E-state index < -0.39 is 17.3 Å². The molecule has 1 aromatic rings. The van der Waals surface area contributed by atoms with E-state index in [9.17, 15) is 13.2 Å². The Morgan fingerprint density at radius 1 is 1.33 bits per heavy atom. The molecule has 5 heteroatoms. The second-order valence-corrected chi connectivity index (χ2v) is 4.94. The number of nitrogens with two attached hydrogens (primary N) is 1. The van der Waals surface area contributed by atoms with Crippen LogP contribution in [0, 0.1) is 5.82 Å². The van der Waals surface area contributed by atoms with E-state index in [1.54, 1.807) is 0 Å². The van der Waals surface area contributed by atoms with Crippen molar-refractivity contribution in [2.75, 3.05) is 7.11 Å². The number of hydrogen-bond donors (Lipinski definition) is 1. The van der Waals surface area contributed by atoms with Crippen LogP contribution in [0.2, 0.25) is 0 Å². The van der Waals surface area contributed by atoms with Gasteiger partial charge in [0, 0.05) is 23.6 Å². The summed E-state index contributed by atoms with van der Waals surface area (Å²) in [6, 6.07) is 2.07. The SMILES string of the molecule is COc1c(F)cc(C(C)(F)F)cc1C1(N)CCC1. The average Bonchev–Trinajstić information content (AvgIpc) is 2.23. The van der Waals surface area contributed by atoms with Crippen molar-refractivity contribution in [3.8, 4) is 5.75 Å². The van der Waals surface area contributed by atoms with Gasteiger partial charge in [-0.15, -0.1) is 0 Å². The first-order valence-electron chi connectivity index (χ1n) is 5.83. The predicted molar refractivity (Wildman–Crippen MR) is 62.2 cm³/mol. The lowest BCUT2D eigenvalue weighted by molar-refractivity contribution is 0.0168. The maximum Gasteiger partial charge on any atom is 0.270 e. The topological polar surface area (TPSA) is 35.2 Å². The second-order valence-electron chi connectivity index (χ2n) is 4.94. The minimum atomic E-state index is -3.10. The minimum absolute atomic E-state index is 0.0230. The first-order chi connectivity index (χ1) is 8.28. The van der Waals surface area contributed by atoms with Crippen molar-refractivity contribution in [1.29, 1.82) is 0 Å². The molecule has 0 amide bonds. The van der Waals surface area contributed by atoms with Crippen LogP contribution >= 0.6 is 0 Å². The zero-order valence-electron chi connectivity index (χ0n) is 10.4. The average molecular weight is 259 g/mol. The van der Waals surface area contributed by atoms with Gasteiger partial charge in [-0.2, -0.15) is 0 Å². The van der Waals surface area contributed by atoms with Gasteiger partial charge < -0.3 is 10.5 Å². The van der Waals surface area contributed by atoms with Gasteiger partial charge >= 0.3 is 0 Å². The van der Waals surface area contributed by atoms with Crippen LogP contribution < -0.4 is 10.5 Å². The van der Waals surface area contributed by atoms with Crippen LogP contribution in [0.4, 0.5) is 13.2 Å². The summed E-state index contributed by atoms with van der Waals surface area (Å²) in [7, 11) is 1.31. The summed E-state index contributed by atoms with van der Waals surface area (Å²) in [5, 5.41) is 0. The summed E-state index contributed by atoms with van der Waals surface area (Å²) in [4.78, 5) is 0. The largest absolute Gasteiger partial charge is 0.493 e. The molecule has 1 fully saturated rings. The van der Waals surface area contributed by atoms with E-state index in [0.29, 0.717) is 18.4 Å². The van der Waals surface area contributed by atoms with Crippen LogP contribution in [-0.4, -0.2) is 7.11 Å². The normalized spacial score (nSPS) is 18.3. The fourth-order valence-corrected chi connectivity index (χ4v) is 2.25. The van der Waals surface area contributed by atoms with E-state index in [2.05, 4.69) is 0 Å². The van der Waals surface area contributed by atoms with E-state index in [4.69, 9.17) is 10.5 Å². The zero-order valence-corrected chi connectivity index (χ0v) is 10.4. The van der Waals surface area contributed by atoms with E-state index in [-0.39, 0.29) is 11.3 Å². The van der Waals surface area contributed by atoms with Gasteiger partial charge in [0.25, 0.3) is 5.92 Å². The Balaban J connectivity index is 2.58. The molecule has 2 N–H and O–H groups in total. The Bertz CT molecular complexity index is 464. The third kappa shape index (κ3) is 2.07. The summed E-state index contributed by atoms with van der Waals surface area (Å²) in [5.74, 6) is -3.91. The van der Waals surface area contributed by atoms with Crippen LogP contribution in [0.1, 0.15) is 37.3 Å². The monoisotopic (exact) mass is 259 g/mol. The lowest BCUT2D eigenvalue weighted by Gasteiger charge is -2.39. The highest BCUT2D eigenvalue weighted by atomic mass is 19.3. The number of benzene rings is 1. The van der Waals surface area contributed by atoms with Crippen molar-refractivity contribution >= 4 is 0 Å². The van der Waals surface area contributed by atoms with Crippen LogP contribution in [-0.2, 0) is 11.5 Å². The van der Waals surface area contributed by atoms with Gasteiger partial charge in [-0.25, -0.2) is 13.2 Å². The molecular weight excluding hydrogens is 243 g/mol. The van der Waals surface area contributed by atoms with E-state index in [0.717, 1.165) is 19.4 Å². The molecule has 0 radical (unpaired) electrons. The highest BCUT2D eigenvalue weighted by molar-refractivity contribution is 5.45. The van der Waals surface area contributed by atoms with Crippen molar-refractivity contribution in [2.45, 2.75) is 37.6 Å². The van der Waals surface area contributed by atoms with Gasteiger partial charge in [0.2, 0.25) is 0 Å². The van der Waals surface area contributed by atoms with Gasteiger partial charge in [0.1, 0.15) is 0 Å². The lowest BCUT2D eigenvalue weighted by Crippen LogP contribution is -2.43. The second kappa shape index (κ2) is 4.16. The first-order valence-corrected chi connectivity index (χ1v) is 5.83. The van der Waals surface area contributed by atoms with Gasteiger partial charge in [0.05, 0.1) is 7.11 Å². The minimum Gasteiger partial charge on any atom is -0.493 e. The third-order valence-electron chi connectivity index (χ3n) is 3.54. The highest BCUT2D eigenvalue weighted by Crippen LogP contribution is 2.45. The zero-order chi connectivity index (χ0) is 13.6. The molecule has 1 aliphatic rings. The van der Waals surface area contributed by atoms with Crippen LogP contribution in [0.5, 0.6) is 5.75 Å². The molecule has 0 saturated heterocycles. The molecule has 100 valence electrons. The first kappa shape index (κ1) is 13.2. The lowest BCUT2D eigenvalue weighted by atomic mass is 9.72. The summed E-state index contributed by atoms with van der Waals surface area (Å²) in [6.07, 6.45) is 2.22. The Morgan fingerprint density at radius 3 is 2.33 bits per heavy atom. The molecule has 0 aromatic heterocycles. The number of ether oxygens (including phenoxy) is 1. The highest BCUT2D eigenvalue weighted by Gasteiger charge is 2.39. The van der Waals surface area contributed by atoms with Crippen molar-refractivity contribution in [3.05, 3.63) is 29.1 Å². The quantitative estimate of drug-likeness (QED) is 0.904. The predicted octanol–water partition coefficient (Wildman–Crippen LogP) is 3.28. The van der Waals surface area contributed by atoms with E-state index in [1.165, 1.54) is 13.2 Å². The van der Waals surface area contributed by atoms with Gasteiger partial charge in [0.15, 0.2) is 11.6 Å². The number of alkyl halides is 2. The standard InChI is InChI=1S/C13H16F3NO/c1-12(15,16)8-6-9(13(17)4-3-5-13)11(18-2)10(14)7-8/h6-7H,3-5,17H2,1-2H3. The molecule has 0 bridgehead atoms. The van der Waals surface area contributed by atoms with Crippen molar-refractivity contribution in [1.82, 2.24) is 0 Å². The summed E-state index contributed by atoms with van der Waals surface area (Å²) in [5.41, 5.74) is 5.32. The molecule has 0 heterocycles. The maximum atomic E-state index is 13.8. The molecule has 1 aromatic carbocycles. The van der Waals surface area contributed by atoms with E-state index >= 15 is 0 Å². The van der Waals surface area contributed by atoms with Crippen molar-refractivity contribution in [3.63, 3.8) is 0 Å². The number of halogens is 3. The maximum absolute atomic E-state index is 13.8. The number of methoxy groups -OCH3 is 1. The molecule has 2 nitrogen and oxygen atoms in total. The van der Waals surface area contributed by atoms with Crippen LogP contribution in [0.15, 0.2) is 12.1 Å². The molecule has 1 aliphatic carbocycles. The Morgan fingerprint density at radius 2 is 1.94 bits per heavy atom. The summed E-state index contributed by atoms with van der Waals surface area (Å²) < 4.78 is 45.4. The van der Waals surface area contributed by atoms with Crippen molar-refractivity contribution < 1.29 is 17.9 Å². The Labute approximate surface area is 104 Å². The Kier molecular flexibility index (Phi) is 3.05. The Hall–Kier alpha value is -1.23. The molecule has 0 aliphatic heterocycles. The molecule has 18 heavy (non-hydrogen) atoms. The molecule has 1 saturated carbocycles. The van der Waals surface area contributed by atoms with E-state index in [1.807, 2.05) is 0 Å². The molecule has 0 atom stereocenters. The van der Waals surface area contributed by atoms with Gasteiger partial charge in [-0.1, -0.05) is 0 Å². The third-order valence-corrected chi connectivity index (χ3v) is 3.54. The van der Waals surface area contributed by atoms with Crippen molar-refractivity contribution in [2.24, 2.45) is 5.73 Å². The van der Waals surface area contributed by atoms with Gasteiger partial charge in [-0.3, -0.25) is 0 Å². The summed E-state index contributed by atoms with van der Waals surface area (Å²) in [6.45, 7) is 0.738. The fourth-order valence-electron chi connectivity index (χ4n) is 2.25. The summed E-state index contributed by atoms with van der Waals surface area (Å²) >= 11 is 0. The number of rotatable bonds is 3. The fraction of sp³-hybridized carbons (Fsp3) is 0.538. The molecule has 0 unspecified atom stereocenters. The smallest absolute Gasteiger partial charge is 0.270 e. The number of hydrogen-bond acceptors (Lipinski definition) is 2.